The van der Waals surface area contributed by atoms with E-state index in [0.29, 0.717) is 18.8 Å². The lowest BCUT2D eigenvalue weighted by atomic mass is 9.68. The molecule has 1 aromatic rings. The maximum absolute atomic E-state index is 13.5. The Morgan fingerprint density at radius 1 is 0.880 bits per heavy atom. The van der Waals surface area contributed by atoms with Crippen LogP contribution in [-0.4, -0.2) is 0 Å². The quantitative estimate of drug-likeness (QED) is 0.495. The largest absolute Gasteiger partial charge is 0.204 e. The molecule has 0 N–H and O–H groups in total. The van der Waals surface area contributed by atoms with Gasteiger partial charge in [0.15, 0.2) is 17.5 Å². The van der Waals surface area contributed by atoms with E-state index in [1.807, 2.05) is 0 Å². The summed E-state index contributed by atoms with van der Waals surface area (Å²) >= 11 is 0. The minimum absolute atomic E-state index is 0.0368. The van der Waals surface area contributed by atoms with Crippen molar-refractivity contribution in [3.05, 3.63) is 35.1 Å². The van der Waals surface area contributed by atoms with Crippen LogP contribution in [0.15, 0.2) is 12.1 Å². The topological polar surface area (TPSA) is 0 Å². The van der Waals surface area contributed by atoms with Crippen LogP contribution in [-0.2, 0) is 6.42 Å². The molecule has 3 heteroatoms. The van der Waals surface area contributed by atoms with Crippen molar-refractivity contribution in [1.29, 1.82) is 0 Å². The van der Waals surface area contributed by atoms with Gasteiger partial charge >= 0.3 is 0 Å². The Morgan fingerprint density at radius 3 is 2.00 bits per heavy atom. The van der Waals surface area contributed by atoms with Crippen molar-refractivity contribution in [2.24, 2.45) is 23.7 Å². The van der Waals surface area contributed by atoms with Crippen molar-refractivity contribution in [2.45, 2.75) is 77.5 Å². The average molecular weight is 357 g/mol. The van der Waals surface area contributed by atoms with Gasteiger partial charge in [-0.1, -0.05) is 38.9 Å². The van der Waals surface area contributed by atoms with Crippen LogP contribution in [0.4, 0.5) is 13.2 Å². The van der Waals surface area contributed by atoms with Crippen molar-refractivity contribution < 1.29 is 18.7 Å². The minimum atomic E-state index is -1.68. The Bertz CT molecular complexity index is 673. The molecule has 140 valence electrons. The predicted octanol–water partition coefficient (Wildman–Crippen LogP) is 7.06. The molecule has 2 aliphatic carbocycles. The van der Waals surface area contributed by atoms with E-state index in [-0.39, 0.29) is 24.3 Å². The van der Waals surface area contributed by atoms with Crippen LogP contribution in [0, 0.1) is 41.1 Å². The second-order valence-corrected chi connectivity index (χ2v) is 7.73. The lowest BCUT2D eigenvalue weighted by molar-refractivity contribution is 0.142. The van der Waals surface area contributed by atoms with Crippen molar-refractivity contribution >= 4 is 0 Å². The van der Waals surface area contributed by atoms with Crippen LogP contribution in [0.1, 0.15) is 82.1 Å². The molecule has 0 heterocycles. The SMILES string of the molecule is [2H]C1([2H])CC(C2CCC(CC)CC2)CC([2H])([2H])C1CCc1cc(F)c(F)c(F)c1. The van der Waals surface area contributed by atoms with E-state index >= 15 is 0 Å². The van der Waals surface area contributed by atoms with Gasteiger partial charge < -0.3 is 0 Å². The molecule has 25 heavy (non-hydrogen) atoms. The highest BCUT2D eigenvalue weighted by molar-refractivity contribution is 5.19. The van der Waals surface area contributed by atoms with Gasteiger partial charge in [0.2, 0.25) is 0 Å². The fourth-order valence-electron chi connectivity index (χ4n) is 4.40. The molecule has 0 bridgehead atoms. The van der Waals surface area contributed by atoms with Crippen molar-refractivity contribution in [3.8, 4) is 0 Å². The number of aryl methyl sites for hydroxylation is 1. The number of benzene rings is 1. The summed E-state index contributed by atoms with van der Waals surface area (Å²) in [4.78, 5) is 0. The van der Waals surface area contributed by atoms with Crippen LogP contribution in [0.25, 0.3) is 0 Å². The summed E-state index contributed by atoms with van der Waals surface area (Å²) in [6.07, 6.45) is 3.15. The molecular weight excluding hydrogens is 321 g/mol. The monoisotopic (exact) mass is 356 g/mol. The predicted molar refractivity (Wildman–Crippen MR) is 95.8 cm³/mol. The highest BCUT2D eigenvalue weighted by Gasteiger charge is 2.30. The van der Waals surface area contributed by atoms with Crippen molar-refractivity contribution in [1.82, 2.24) is 0 Å². The van der Waals surface area contributed by atoms with Crippen LogP contribution >= 0.6 is 0 Å². The molecule has 2 saturated carbocycles. The van der Waals surface area contributed by atoms with Gasteiger partial charge in [-0.15, -0.1) is 0 Å². The summed E-state index contributed by atoms with van der Waals surface area (Å²) in [5, 5.41) is 0. The molecule has 0 radical (unpaired) electrons. The first kappa shape index (κ1) is 14.1. The summed E-state index contributed by atoms with van der Waals surface area (Å²) in [6, 6.07) is 1.84. The van der Waals surface area contributed by atoms with E-state index in [4.69, 9.17) is 5.48 Å². The van der Waals surface area contributed by atoms with E-state index in [1.54, 1.807) is 0 Å². The van der Waals surface area contributed by atoms with Gasteiger partial charge in [-0.2, -0.15) is 0 Å². The zero-order valence-electron chi connectivity index (χ0n) is 19.0. The van der Waals surface area contributed by atoms with E-state index < -0.39 is 36.1 Å². The number of hydrogen-bond acceptors (Lipinski definition) is 0. The van der Waals surface area contributed by atoms with Gasteiger partial charge in [0.1, 0.15) is 0 Å². The van der Waals surface area contributed by atoms with Crippen molar-refractivity contribution in [2.75, 3.05) is 0 Å². The zero-order valence-corrected chi connectivity index (χ0v) is 15.0. The zero-order chi connectivity index (χ0) is 21.4. The fraction of sp³-hybridized carbons (Fsp3) is 0.727. The van der Waals surface area contributed by atoms with E-state index in [9.17, 15) is 13.2 Å². The average Bonchev–Trinajstić information content (AvgIpc) is 2.64. The van der Waals surface area contributed by atoms with Gasteiger partial charge in [-0.05, 0) is 79.9 Å². The lowest BCUT2D eigenvalue weighted by Crippen LogP contribution is -2.25. The Hall–Kier alpha value is -0.990. The van der Waals surface area contributed by atoms with Crippen LogP contribution < -0.4 is 0 Å². The highest BCUT2D eigenvalue weighted by Crippen LogP contribution is 2.42. The molecule has 0 aromatic heterocycles. The summed E-state index contributed by atoms with van der Waals surface area (Å²) in [5.74, 6) is -3.74. The smallest absolute Gasteiger partial charge is 0.194 e. The third-order valence-electron chi connectivity index (χ3n) is 6.15. The Morgan fingerprint density at radius 2 is 1.44 bits per heavy atom. The van der Waals surface area contributed by atoms with Crippen LogP contribution in [0.3, 0.4) is 0 Å². The van der Waals surface area contributed by atoms with E-state index in [2.05, 4.69) is 6.92 Å². The molecule has 0 nitrogen and oxygen atoms in total. The fourth-order valence-corrected chi connectivity index (χ4v) is 4.40. The molecule has 0 saturated heterocycles. The number of halogens is 3. The number of hydrogen-bond donors (Lipinski definition) is 0. The molecule has 0 amide bonds. The van der Waals surface area contributed by atoms with Gasteiger partial charge in [0, 0.05) is 5.48 Å². The highest BCUT2D eigenvalue weighted by atomic mass is 19.2. The minimum Gasteiger partial charge on any atom is -0.204 e. The Labute approximate surface area is 155 Å². The van der Waals surface area contributed by atoms with Crippen LogP contribution in [0.5, 0.6) is 0 Å². The van der Waals surface area contributed by atoms with Gasteiger partial charge in [-0.3, -0.25) is 0 Å². The molecule has 3 rings (SSSR count). The lowest BCUT2D eigenvalue weighted by Gasteiger charge is -2.37. The van der Waals surface area contributed by atoms with Gasteiger partial charge in [-0.25, -0.2) is 13.2 Å². The Kier molecular flexibility index (Phi) is 4.85. The Balaban J connectivity index is 1.68. The summed E-state index contributed by atoms with van der Waals surface area (Å²) < 4.78 is 74.3. The standard InChI is InChI=1S/C22H31F3/c1-2-15-5-9-18(10-6-15)19-11-7-16(8-12-19)3-4-17-13-20(23)22(25)21(24)14-17/h13-16,18-19H,2-12H2,1H3/i7D2,8D2. The molecule has 0 aliphatic heterocycles. The molecule has 0 unspecified atom stereocenters. The number of rotatable bonds is 5. The van der Waals surface area contributed by atoms with Crippen LogP contribution in [0.2, 0.25) is 0 Å². The first-order valence-electron chi connectivity index (χ1n) is 11.7. The van der Waals surface area contributed by atoms with Gasteiger partial charge in [0.25, 0.3) is 0 Å². The molecule has 0 atom stereocenters. The first-order valence-corrected chi connectivity index (χ1v) is 9.67. The maximum atomic E-state index is 13.5. The van der Waals surface area contributed by atoms with E-state index in [1.165, 1.54) is 6.42 Å². The molecule has 1 aromatic carbocycles. The maximum Gasteiger partial charge on any atom is 0.194 e. The molecule has 0 spiro atoms. The van der Waals surface area contributed by atoms with E-state index in [0.717, 1.165) is 43.7 Å². The molecular formula is C22H31F3. The third kappa shape index (κ3) is 4.80. The molecule has 2 fully saturated rings. The van der Waals surface area contributed by atoms with Gasteiger partial charge in [0.05, 0.1) is 0 Å². The summed E-state index contributed by atoms with van der Waals surface area (Å²) in [6.45, 7) is 2.20. The second-order valence-electron chi connectivity index (χ2n) is 7.73. The molecule has 2 aliphatic rings. The third-order valence-corrected chi connectivity index (χ3v) is 6.15. The second kappa shape index (κ2) is 8.60. The normalized spacial score (nSPS) is 36.8. The summed E-state index contributed by atoms with van der Waals surface area (Å²) in [7, 11) is 0. The van der Waals surface area contributed by atoms with Crippen molar-refractivity contribution in [3.63, 3.8) is 0 Å². The summed E-state index contributed by atoms with van der Waals surface area (Å²) in [5.41, 5.74) is 0.230. The first-order chi connectivity index (χ1) is 13.5.